The lowest BCUT2D eigenvalue weighted by atomic mass is 9.92. The number of nitro groups is 1. The molecule has 8 rings (SSSR count). The molecule has 0 spiro atoms. The van der Waals surface area contributed by atoms with Crippen LogP contribution >= 0.6 is 24.8 Å². The van der Waals surface area contributed by atoms with E-state index in [9.17, 15) is 58.1 Å². The Hall–Kier alpha value is -10.2. The summed E-state index contributed by atoms with van der Waals surface area (Å²) < 4.78 is 6.06. The summed E-state index contributed by atoms with van der Waals surface area (Å²) in [6, 6.07) is 15.8. The first kappa shape index (κ1) is 67.0. The molecule has 0 unspecified atom stereocenters. The van der Waals surface area contributed by atoms with Crippen LogP contribution in [0.4, 0.5) is 34.1 Å². The van der Waals surface area contributed by atoms with Crippen molar-refractivity contribution in [2.45, 2.75) is 12.8 Å². The highest BCUT2D eigenvalue weighted by Gasteiger charge is 2.36. The molecule has 0 atom stereocenters. The summed E-state index contributed by atoms with van der Waals surface area (Å²) >= 11 is 0. The van der Waals surface area contributed by atoms with Crippen molar-refractivity contribution in [1.82, 2.24) is 49.3 Å². The zero-order chi connectivity index (χ0) is 62.3. The van der Waals surface area contributed by atoms with Gasteiger partial charge in [-0.3, -0.25) is 58.1 Å². The van der Waals surface area contributed by atoms with Gasteiger partial charge in [0.25, 0.3) is 52.9 Å². The third-order valence-electron chi connectivity index (χ3n) is 13.7. The van der Waals surface area contributed by atoms with Crippen molar-refractivity contribution in [2.24, 2.45) is 28.2 Å². The molecule has 464 valence electrons. The van der Waals surface area contributed by atoms with Gasteiger partial charge >= 0.3 is 0 Å². The second-order valence-corrected chi connectivity index (χ2v) is 21.0. The molecule has 7 aromatic rings. The third kappa shape index (κ3) is 15.8. The van der Waals surface area contributed by atoms with E-state index in [1.807, 2.05) is 38.0 Å². The third-order valence-corrected chi connectivity index (χ3v) is 13.7. The Bertz CT molecular complexity index is 3740. The maximum Gasteiger partial charge on any atom is 0.272 e. The molecule has 8 N–H and O–H groups in total. The number of anilines is 5. The van der Waals surface area contributed by atoms with Gasteiger partial charge in [-0.15, -0.1) is 24.8 Å². The lowest BCUT2D eigenvalue weighted by Gasteiger charge is -2.27. The van der Waals surface area contributed by atoms with Crippen LogP contribution in [-0.2, 0) is 37.8 Å². The van der Waals surface area contributed by atoms with Gasteiger partial charge in [0.1, 0.15) is 22.8 Å². The van der Waals surface area contributed by atoms with Crippen molar-refractivity contribution in [3.05, 3.63) is 153 Å². The Balaban J connectivity index is 0.00000618. The quantitative estimate of drug-likeness (QED) is 0.0181. The molecule has 1 aliphatic heterocycles. The molecular weight excluding hydrogens is 1180 g/mol. The minimum atomic E-state index is -1.01. The van der Waals surface area contributed by atoms with Crippen molar-refractivity contribution in [1.29, 1.82) is 0 Å². The number of nitrogens with zero attached hydrogens (tertiary/aromatic N) is 8. The van der Waals surface area contributed by atoms with Gasteiger partial charge in [0, 0.05) is 100 Å². The molecule has 0 bridgehead atoms. The van der Waals surface area contributed by atoms with Crippen LogP contribution in [0.15, 0.2) is 97.6 Å². The number of aromatic nitrogens is 4. The molecule has 0 saturated carbocycles. The van der Waals surface area contributed by atoms with E-state index in [-0.39, 0.29) is 98.1 Å². The monoisotopic (exact) mass is 1250 g/mol. The topological polar surface area (TPSA) is 340 Å². The average molecular weight is 1250 g/mol. The van der Waals surface area contributed by atoms with Crippen LogP contribution in [0.25, 0.3) is 10.8 Å². The minimum absolute atomic E-state index is 0. The smallest absolute Gasteiger partial charge is 0.272 e. The van der Waals surface area contributed by atoms with Crippen LogP contribution < -0.4 is 47.4 Å². The molecule has 0 fully saturated rings. The number of non-ortho nitro benzene ring substituents is 1. The summed E-state index contributed by atoms with van der Waals surface area (Å²) in [5.41, 5.74) is 0.302. The minimum Gasteiger partial charge on any atom is -0.351 e. The maximum atomic E-state index is 14.3. The highest BCUT2D eigenvalue weighted by Crippen LogP contribution is 2.36. The summed E-state index contributed by atoms with van der Waals surface area (Å²) in [6.45, 7) is 1.17. The highest BCUT2D eigenvalue weighted by molar-refractivity contribution is 6.36. The van der Waals surface area contributed by atoms with Crippen LogP contribution in [0.5, 0.6) is 0 Å². The zero-order valence-corrected chi connectivity index (χ0v) is 50.8. The number of benzene rings is 3. The van der Waals surface area contributed by atoms with Crippen LogP contribution in [0.3, 0.4) is 0 Å². The van der Waals surface area contributed by atoms with Crippen LogP contribution in [0, 0.1) is 10.1 Å². The van der Waals surface area contributed by atoms with Gasteiger partial charge in [-0.25, -0.2) is 4.90 Å². The summed E-state index contributed by atoms with van der Waals surface area (Å²) in [5.74, 6) is -7.08. The number of nitro benzene ring substituents is 1. The number of carbonyl (C=O) groups excluding carboxylic acids is 10. The van der Waals surface area contributed by atoms with E-state index in [0.29, 0.717) is 40.8 Å². The van der Waals surface area contributed by atoms with E-state index in [4.69, 9.17) is 0 Å². The summed E-state index contributed by atoms with van der Waals surface area (Å²) in [7, 11) is 14.2. The molecule has 28 nitrogen and oxygen atoms in total. The Morgan fingerprint density at radius 3 is 1.30 bits per heavy atom. The SMILES string of the molecule is CN(C)CCCNC(=O)c1cc(NC(=O)c2cc(NC(=O)CNC(=O)c3cc(C(=O)NCC(=O)Nc4cc(C(=O)Nc5cc(C(=O)NCCCN(C)C)n(C)c5)n(C)c4)cc(N4C(=O)c5cccc6cc([N+](=O)[O-])cc(c56)C4=O)c3)cn2C)cn1C.Cl.Cl. The van der Waals surface area contributed by atoms with E-state index in [2.05, 4.69) is 42.5 Å². The fourth-order valence-electron chi connectivity index (χ4n) is 9.57. The van der Waals surface area contributed by atoms with Crippen molar-refractivity contribution in [3.8, 4) is 0 Å². The second-order valence-electron chi connectivity index (χ2n) is 21.0. The largest absolute Gasteiger partial charge is 0.351 e. The van der Waals surface area contributed by atoms with Gasteiger partial charge in [0.05, 0.1) is 52.0 Å². The molecule has 10 amide bonds. The van der Waals surface area contributed by atoms with E-state index in [1.54, 1.807) is 49.7 Å². The molecule has 88 heavy (non-hydrogen) atoms. The molecule has 0 saturated heterocycles. The first-order valence-corrected chi connectivity index (χ1v) is 26.9. The zero-order valence-electron chi connectivity index (χ0n) is 49.2. The molecule has 30 heteroatoms. The van der Waals surface area contributed by atoms with Crippen LogP contribution in [-0.4, -0.2) is 160 Å². The Kier molecular flexibility index (Phi) is 21.9. The number of amides is 10. The van der Waals surface area contributed by atoms with Crippen molar-refractivity contribution in [2.75, 3.05) is 93.6 Å². The van der Waals surface area contributed by atoms with Crippen molar-refractivity contribution < 1.29 is 52.9 Å². The Morgan fingerprint density at radius 1 is 0.489 bits per heavy atom. The molecule has 0 aliphatic carbocycles. The maximum absolute atomic E-state index is 14.3. The van der Waals surface area contributed by atoms with Crippen molar-refractivity contribution in [3.63, 3.8) is 0 Å². The predicted molar refractivity (Wildman–Crippen MR) is 333 cm³/mol. The van der Waals surface area contributed by atoms with Gasteiger partial charge in [0.15, 0.2) is 0 Å². The number of hydrogen-bond donors (Lipinski definition) is 8. The summed E-state index contributed by atoms with van der Waals surface area (Å²) in [6.07, 6.45) is 7.56. The number of rotatable bonds is 24. The Labute approximate surface area is 516 Å². The van der Waals surface area contributed by atoms with E-state index in [1.165, 1.54) is 70.1 Å². The standard InChI is InChI=1S/C58H64N16O12.2ClH/c1-67(2)16-10-14-59-53(79)44-24-38(31-69(44)5)65-55(81)46-22-36(29-71(46)7)63-48(75)27-61-51(77)34-18-35(21-40(20-34)73-57(83)42-13-9-12-33-19-41(74(85)86)26-43(50(33)42)58(73)84)52(78)62-28-49(76)64-37-23-47(72(8)30-37)56(82)66-39-25-45(70(6)32-39)54(80)60-15-11-17-68(3)4;;/h9,12-13,18-26,29-32H,10-11,14-17,27-28H2,1-8H3,(H,59,79)(H,60,80)(H,61,77)(H,62,78)(H,63,75)(H,64,76)(H,65,81)(H,66,82);2*1H. The molecule has 0 radical (unpaired) electrons. The number of halogens is 2. The van der Waals surface area contributed by atoms with Crippen molar-refractivity contribution >= 4 is 129 Å². The van der Waals surface area contributed by atoms with Gasteiger partial charge < -0.3 is 70.6 Å². The first-order chi connectivity index (χ1) is 40.8. The van der Waals surface area contributed by atoms with Gasteiger partial charge in [0.2, 0.25) is 11.8 Å². The normalized spacial score (nSPS) is 11.6. The van der Waals surface area contributed by atoms with Gasteiger partial charge in [-0.05, 0) is 108 Å². The lowest BCUT2D eigenvalue weighted by Crippen LogP contribution is -2.41. The number of nitrogens with one attached hydrogen (secondary N) is 8. The van der Waals surface area contributed by atoms with Gasteiger partial charge in [-0.1, -0.05) is 12.1 Å². The molecule has 3 aromatic carbocycles. The Morgan fingerprint density at radius 2 is 0.886 bits per heavy atom. The number of carbonyl (C=O) groups is 10. The molecular formula is C58H66Cl2N16O12. The van der Waals surface area contributed by atoms with E-state index >= 15 is 0 Å². The molecule has 1 aliphatic rings. The number of aryl methyl sites for hydroxylation is 4. The number of hydrogen-bond acceptors (Lipinski definition) is 14. The predicted octanol–water partition coefficient (Wildman–Crippen LogP) is 4.35. The van der Waals surface area contributed by atoms with Crippen LogP contribution in [0.1, 0.15) is 96.2 Å². The fraction of sp³-hybridized carbons (Fsp3) is 0.276. The second kappa shape index (κ2) is 28.8. The van der Waals surface area contributed by atoms with Crippen LogP contribution in [0.2, 0.25) is 0 Å². The molecule has 4 aromatic heterocycles. The van der Waals surface area contributed by atoms with Gasteiger partial charge in [-0.2, -0.15) is 0 Å². The molecule has 5 heterocycles. The lowest BCUT2D eigenvalue weighted by molar-refractivity contribution is -0.384. The van der Waals surface area contributed by atoms with E-state index < -0.39 is 71.0 Å². The highest BCUT2D eigenvalue weighted by atomic mass is 35.5. The average Bonchev–Trinajstić information content (AvgIpc) is 1.05. The fourth-order valence-corrected chi connectivity index (χ4v) is 9.57. The number of imide groups is 1. The summed E-state index contributed by atoms with van der Waals surface area (Å²) in [5, 5.41) is 33.7. The summed E-state index contributed by atoms with van der Waals surface area (Å²) in [4.78, 5) is 152. The van der Waals surface area contributed by atoms with E-state index in [0.717, 1.165) is 50.2 Å². The first-order valence-electron chi connectivity index (χ1n) is 26.9.